The predicted molar refractivity (Wildman–Crippen MR) is 75.6 cm³/mol. The van der Waals surface area contributed by atoms with E-state index < -0.39 is 4.92 Å². The van der Waals surface area contributed by atoms with E-state index in [0.29, 0.717) is 0 Å². The number of rotatable bonds is 2. The lowest BCUT2D eigenvalue weighted by atomic mass is 9.97. The smallest absolute Gasteiger partial charge is 0.270 e. The first-order valence-corrected chi connectivity index (χ1v) is 6.26. The van der Waals surface area contributed by atoms with Gasteiger partial charge < -0.3 is 5.32 Å². The van der Waals surface area contributed by atoms with Crippen molar-refractivity contribution in [2.45, 2.75) is 12.8 Å². The van der Waals surface area contributed by atoms with Crippen LogP contribution in [0.3, 0.4) is 0 Å². The summed E-state index contributed by atoms with van der Waals surface area (Å²) >= 11 is 0. The van der Waals surface area contributed by atoms with Crippen molar-refractivity contribution >= 4 is 17.3 Å². The highest BCUT2D eigenvalue weighted by Crippen LogP contribution is 2.35. The minimum atomic E-state index is -0.412. The molecule has 20 heavy (non-hydrogen) atoms. The van der Waals surface area contributed by atoms with Crippen LogP contribution in [0.5, 0.6) is 0 Å². The Morgan fingerprint density at radius 2 is 1.90 bits per heavy atom. The number of carbonyl (C=O) groups is 1. The zero-order chi connectivity index (χ0) is 14.3. The number of benzene rings is 2. The summed E-state index contributed by atoms with van der Waals surface area (Å²) in [6, 6.07) is 12.1. The van der Waals surface area contributed by atoms with Gasteiger partial charge >= 0.3 is 0 Å². The van der Waals surface area contributed by atoms with Gasteiger partial charge in [0, 0.05) is 17.8 Å². The van der Waals surface area contributed by atoms with Crippen LogP contribution in [0.1, 0.15) is 18.4 Å². The Balaban J connectivity index is 2.06. The first-order valence-electron chi connectivity index (χ1n) is 6.26. The third-order valence-electron chi connectivity index (χ3n) is 3.56. The van der Waals surface area contributed by atoms with Crippen molar-refractivity contribution in [1.29, 1.82) is 0 Å². The van der Waals surface area contributed by atoms with E-state index in [9.17, 15) is 14.9 Å². The topological polar surface area (TPSA) is 72.2 Å². The van der Waals surface area contributed by atoms with Gasteiger partial charge in [-0.2, -0.15) is 0 Å². The number of nitrogens with zero attached hydrogens (tertiary/aromatic N) is 1. The molecule has 100 valence electrons. The van der Waals surface area contributed by atoms with Gasteiger partial charge in [-0.05, 0) is 35.7 Å². The van der Waals surface area contributed by atoms with Crippen LogP contribution in [-0.2, 0) is 4.79 Å². The fraction of sp³-hybridized carbons (Fsp3) is 0.133. The monoisotopic (exact) mass is 268 g/mol. The lowest BCUT2D eigenvalue weighted by molar-refractivity contribution is -0.384. The van der Waals surface area contributed by atoms with Gasteiger partial charge in [0.15, 0.2) is 0 Å². The molecular weight excluding hydrogens is 256 g/mol. The SMILES string of the molecule is CC1C(=O)Nc2ccc(-c3cccc([N+](=O)[O-])c3)cc21. The van der Waals surface area contributed by atoms with E-state index in [2.05, 4.69) is 5.32 Å². The highest BCUT2D eigenvalue weighted by atomic mass is 16.6. The Hall–Kier alpha value is -2.69. The number of non-ortho nitro benzene ring substituents is 1. The lowest BCUT2D eigenvalue weighted by Crippen LogP contribution is -2.08. The zero-order valence-electron chi connectivity index (χ0n) is 10.8. The molecule has 5 nitrogen and oxygen atoms in total. The summed E-state index contributed by atoms with van der Waals surface area (Å²) in [4.78, 5) is 22.0. The standard InChI is InChI=1S/C15H12N2O3/c1-9-13-8-11(5-6-14(13)16-15(9)18)10-3-2-4-12(7-10)17(19)20/h2-9H,1H3,(H,16,18). The average Bonchev–Trinajstić information content (AvgIpc) is 2.74. The van der Waals surface area contributed by atoms with Crippen LogP contribution in [-0.4, -0.2) is 10.8 Å². The maximum atomic E-state index is 11.6. The largest absolute Gasteiger partial charge is 0.325 e. The van der Waals surface area contributed by atoms with Gasteiger partial charge in [0.05, 0.1) is 10.8 Å². The maximum Gasteiger partial charge on any atom is 0.270 e. The van der Waals surface area contributed by atoms with Crippen LogP contribution in [0.15, 0.2) is 42.5 Å². The molecule has 1 atom stereocenters. The molecule has 0 aromatic heterocycles. The van der Waals surface area contributed by atoms with Crippen molar-refractivity contribution in [1.82, 2.24) is 0 Å². The van der Waals surface area contributed by atoms with Gasteiger partial charge in [-0.15, -0.1) is 0 Å². The second kappa shape index (κ2) is 4.45. The summed E-state index contributed by atoms with van der Waals surface area (Å²) in [5.74, 6) is -0.208. The minimum absolute atomic E-state index is 0.0174. The number of anilines is 1. The summed E-state index contributed by atoms with van der Waals surface area (Å²) in [6.07, 6.45) is 0. The van der Waals surface area contributed by atoms with Crippen molar-refractivity contribution in [3.8, 4) is 11.1 Å². The molecule has 1 heterocycles. The quantitative estimate of drug-likeness (QED) is 0.670. The molecule has 2 aromatic carbocycles. The van der Waals surface area contributed by atoms with Gasteiger partial charge in [0.1, 0.15) is 0 Å². The molecule has 0 spiro atoms. The molecule has 1 aliphatic rings. The van der Waals surface area contributed by atoms with Crippen LogP contribution >= 0.6 is 0 Å². The van der Waals surface area contributed by atoms with E-state index in [0.717, 1.165) is 22.4 Å². The molecule has 0 radical (unpaired) electrons. The molecule has 0 saturated heterocycles. The zero-order valence-corrected chi connectivity index (χ0v) is 10.8. The Morgan fingerprint density at radius 3 is 2.65 bits per heavy atom. The summed E-state index contributed by atoms with van der Waals surface area (Å²) in [6.45, 7) is 1.85. The third-order valence-corrected chi connectivity index (χ3v) is 3.56. The van der Waals surface area contributed by atoms with E-state index in [1.165, 1.54) is 12.1 Å². The molecule has 0 saturated carbocycles. The molecule has 1 N–H and O–H groups in total. The third kappa shape index (κ3) is 1.93. The van der Waals surface area contributed by atoms with Crippen molar-refractivity contribution in [3.05, 3.63) is 58.1 Å². The number of amides is 1. The van der Waals surface area contributed by atoms with Crippen molar-refractivity contribution in [3.63, 3.8) is 0 Å². The Labute approximate surface area is 115 Å². The first kappa shape index (κ1) is 12.3. The number of carbonyl (C=O) groups excluding carboxylic acids is 1. The van der Waals surface area contributed by atoms with E-state index >= 15 is 0 Å². The van der Waals surface area contributed by atoms with E-state index in [4.69, 9.17) is 0 Å². The van der Waals surface area contributed by atoms with Crippen LogP contribution in [0.25, 0.3) is 11.1 Å². The second-order valence-corrected chi connectivity index (χ2v) is 4.82. The van der Waals surface area contributed by atoms with Gasteiger partial charge in [-0.25, -0.2) is 0 Å². The van der Waals surface area contributed by atoms with Crippen LogP contribution in [0.4, 0.5) is 11.4 Å². The van der Waals surface area contributed by atoms with Crippen LogP contribution in [0, 0.1) is 10.1 Å². The number of fused-ring (bicyclic) bond motifs is 1. The second-order valence-electron chi connectivity index (χ2n) is 4.82. The fourth-order valence-corrected chi connectivity index (χ4v) is 2.40. The molecule has 1 amide bonds. The molecule has 1 aliphatic heterocycles. The summed E-state index contributed by atoms with van der Waals surface area (Å²) in [7, 11) is 0. The van der Waals surface area contributed by atoms with Gasteiger partial charge in [-0.3, -0.25) is 14.9 Å². The molecule has 5 heteroatoms. The first-order chi connectivity index (χ1) is 9.56. The van der Waals surface area contributed by atoms with Crippen LogP contribution in [0.2, 0.25) is 0 Å². The molecule has 0 aliphatic carbocycles. The molecular formula is C15H12N2O3. The van der Waals surface area contributed by atoms with Crippen molar-refractivity contribution in [2.75, 3.05) is 5.32 Å². The Kier molecular flexibility index (Phi) is 2.75. The Bertz CT molecular complexity index is 725. The lowest BCUT2D eigenvalue weighted by Gasteiger charge is -2.06. The van der Waals surface area contributed by atoms with Crippen molar-refractivity contribution < 1.29 is 9.72 Å². The molecule has 2 aromatic rings. The Morgan fingerprint density at radius 1 is 1.15 bits per heavy atom. The summed E-state index contributed by atoms with van der Waals surface area (Å²) in [5, 5.41) is 13.6. The van der Waals surface area contributed by atoms with Gasteiger partial charge in [-0.1, -0.05) is 18.2 Å². The highest BCUT2D eigenvalue weighted by Gasteiger charge is 2.26. The molecule has 0 bridgehead atoms. The number of hydrogen-bond acceptors (Lipinski definition) is 3. The minimum Gasteiger partial charge on any atom is -0.325 e. The molecule has 1 unspecified atom stereocenters. The number of nitro groups is 1. The van der Waals surface area contributed by atoms with E-state index in [-0.39, 0.29) is 17.5 Å². The number of nitrogens with one attached hydrogen (secondary N) is 1. The normalized spacial score (nSPS) is 16.6. The van der Waals surface area contributed by atoms with Gasteiger partial charge in [0.2, 0.25) is 5.91 Å². The average molecular weight is 268 g/mol. The van der Waals surface area contributed by atoms with Crippen LogP contribution < -0.4 is 5.32 Å². The van der Waals surface area contributed by atoms with E-state index in [1.807, 2.05) is 31.2 Å². The highest BCUT2D eigenvalue weighted by molar-refractivity contribution is 6.03. The van der Waals surface area contributed by atoms with E-state index in [1.54, 1.807) is 6.07 Å². The maximum absolute atomic E-state index is 11.6. The predicted octanol–water partition coefficient (Wildman–Crippen LogP) is 3.32. The number of nitro benzene ring substituents is 1. The summed E-state index contributed by atoms with van der Waals surface area (Å²) in [5.41, 5.74) is 3.45. The van der Waals surface area contributed by atoms with Crippen molar-refractivity contribution in [2.24, 2.45) is 0 Å². The molecule has 0 fully saturated rings. The summed E-state index contributed by atoms with van der Waals surface area (Å²) < 4.78 is 0. The van der Waals surface area contributed by atoms with Gasteiger partial charge in [0.25, 0.3) is 5.69 Å². The molecule has 3 rings (SSSR count). The fourth-order valence-electron chi connectivity index (χ4n) is 2.40. The number of hydrogen-bond donors (Lipinski definition) is 1.